The van der Waals surface area contributed by atoms with Gasteiger partial charge in [-0.25, -0.2) is 4.98 Å². The Kier molecular flexibility index (Phi) is 4.43. The highest BCUT2D eigenvalue weighted by Gasteiger charge is 2.19. The van der Waals surface area contributed by atoms with Crippen LogP contribution >= 0.6 is 11.8 Å². The van der Waals surface area contributed by atoms with Crippen molar-refractivity contribution in [1.29, 1.82) is 0 Å². The summed E-state index contributed by atoms with van der Waals surface area (Å²) in [7, 11) is 0. The highest BCUT2D eigenvalue weighted by molar-refractivity contribution is 7.99. The first-order valence-corrected chi connectivity index (χ1v) is 5.48. The molecule has 96 valence electrons. The fraction of sp³-hybridized carbons (Fsp3) is 0.125. The molecule has 0 atom stereocenters. The van der Waals surface area contributed by atoms with E-state index in [9.17, 15) is 14.9 Å². The molecule has 1 heterocycles. The van der Waals surface area contributed by atoms with Gasteiger partial charge in [0.2, 0.25) is 5.91 Å². The van der Waals surface area contributed by atoms with Gasteiger partial charge < -0.3 is 16.7 Å². The minimum Gasteiger partial charge on any atom is -0.409 e. The van der Waals surface area contributed by atoms with E-state index in [4.69, 9.17) is 16.7 Å². The third kappa shape index (κ3) is 3.31. The molecule has 0 radical (unpaired) electrons. The maximum absolute atomic E-state index is 10.7. The van der Waals surface area contributed by atoms with Crippen LogP contribution in [0.1, 0.15) is 5.69 Å². The van der Waals surface area contributed by atoms with E-state index in [-0.39, 0.29) is 11.4 Å². The summed E-state index contributed by atoms with van der Waals surface area (Å²) in [5.41, 5.74) is 9.59. The van der Waals surface area contributed by atoms with E-state index in [0.29, 0.717) is 5.03 Å². The number of primary amides is 1. The van der Waals surface area contributed by atoms with Crippen LogP contribution in [0.4, 0.5) is 5.69 Å². The van der Waals surface area contributed by atoms with Crippen molar-refractivity contribution in [3.05, 3.63) is 27.9 Å². The first-order chi connectivity index (χ1) is 8.45. The molecule has 0 aliphatic heterocycles. The van der Waals surface area contributed by atoms with Crippen LogP contribution in [0.15, 0.2) is 22.3 Å². The molecular weight excluding hydrogens is 262 g/mol. The number of oxime groups is 1. The zero-order valence-electron chi connectivity index (χ0n) is 8.94. The van der Waals surface area contributed by atoms with Crippen LogP contribution < -0.4 is 11.5 Å². The molecule has 1 amide bonds. The summed E-state index contributed by atoms with van der Waals surface area (Å²) < 4.78 is 0. The molecule has 0 saturated carbocycles. The van der Waals surface area contributed by atoms with Crippen molar-refractivity contribution in [1.82, 2.24) is 4.98 Å². The third-order valence-electron chi connectivity index (χ3n) is 1.76. The van der Waals surface area contributed by atoms with Gasteiger partial charge in [0.15, 0.2) is 11.5 Å². The van der Waals surface area contributed by atoms with Gasteiger partial charge in [-0.3, -0.25) is 14.9 Å². The van der Waals surface area contributed by atoms with E-state index in [1.807, 2.05) is 0 Å². The number of nitrogens with two attached hydrogens (primary N) is 2. The number of carbonyl (C=O) groups excluding carboxylic acids is 1. The first-order valence-electron chi connectivity index (χ1n) is 4.50. The first kappa shape index (κ1) is 13.7. The van der Waals surface area contributed by atoms with Crippen molar-refractivity contribution < 1.29 is 14.9 Å². The second-order valence-corrected chi connectivity index (χ2v) is 4.01. The number of thioether (sulfide) groups is 1. The maximum Gasteiger partial charge on any atom is 0.298 e. The summed E-state index contributed by atoms with van der Waals surface area (Å²) in [5, 5.41) is 22.2. The molecule has 0 aliphatic carbocycles. The zero-order chi connectivity index (χ0) is 13.7. The summed E-state index contributed by atoms with van der Waals surface area (Å²) in [4.78, 5) is 24.4. The van der Waals surface area contributed by atoms with Crippen molar-refractivity contribution in [2.24, 2.45) is 16.6 Å². The molecule has 0 fully saturated rings. The number of hydrogen-bond donors (Lipinski definition) is 3. The molecule has 1 aromatic rings. The number of nitro groups is 1. The second-order valence-electron chi connectivity index (χ2n) is 3.01. The molecule has 0 saturated heterocycles. The van der Waals surface area contributed by atoms with Gasteiger partial charge in [0.1, 0.15) is 0 Å². The molecule has 10 heteroatoms. The van der Waals surface area contributed by atoms with Crippen molar-refractivity contribution in [2.45, 2.75) is 5.03 Å². The molecule has 1 aromatic heterocycles. The minimum absolute atomic E-state index is 0.0274. The lowest BCUT2D eigenvalue weighted by atomic mass is 10.3. The van der Waals surface area contributed by atoms with Crippen molar-refractivity contribution >= 4 is 29.2 Å². The molecule has 1 rings (SSSR count). The zero-order valence-corrected chi connectivity index (χ0v) is 9.75. The molecular formula is C8H9N5O4S. The Morgan fingerprint density at radius 2 is 2.22 bits per heavy atom. The van der Waals surface area contributed by atoms with Crippen LogP contribution in [0.2, 0.25) is 0 Å². The van der Waals surface area contributed by atoms with E-state index in [2.05, 4.69) is 10.1 Å². The molecule has 18 heavy (non-hydrogen) atoms. The number of amidine groups is 1. The fourth-order valence-corrected chi connectivity index (χ4v) is 1.65. The number of pyridine rings is 1. The lowest BCUT2D eigenvalue weighted by Gasteiger charge is -2.03. The summed E-state index contributed by atoms with van der Waals surface area (Å²) >= 11 is 0.991. The van der Waals surface area contributed by atoms with Gasteiger partial charge in [-0.15, -0.1) is 0 Å². The average molecular weight is 271 g/mol. The van der Waals surface area contributed by atoms with Crippen molar-refractivity contribution in [2.75, 3.05) is 5.75 Å². The number of amides is 1. The summed E-state index contributed by atoms with van der Waals surface area (Å²) in [6.45, 7) is 0. The highest BCUT2D eigenvalue weighted by Crippen LogP contribution is 2.22. The van der Waals surface area contributed by atoms with Crippen molar-refractivity contribution in [3.63, 3.8) is 0 Å². The van der Waals surface area contributed by atoms with Gasteiger partial charge in [0.05, 0.1) is 15.7 Å². The van der Waals surface area contributed by atoms with E-state index < -0.39 is 22.4 Å². The smallest absolute Gasteiger partial charge is 0.298 e. The second kappa shape index (κ2) is 5.82. The van der Waals surface area contributed by atoms with E-state index in [1.54, 1.807) is 0 Å². The van der Waals surface area contributed by atoms with Crippen LogP contribution in [0.25, 0.3) is 0 Å². The standard InChI is InChI=1S/C8H9N5O4S/c9-5(14)3-18-6-2-1-4(13(16)17)7(11-6)8(10)12-15/h1-2,15H,3H2,(H2,9,14)(H2,10,12). The van der Waals surface area contributed by atoms with Crippen LogP contribution in [-0.2, 0) is 4.79 Å². The van der Waals surface area contributed by atoms with Gasteiger partial charge in [0, 0.05) is 6.07 Å². The van der Waals surface area contributed by atoms with Gasteiger partial charge in [-0.2, -0.15) is 0 Å². The van der Waals surface area contributed by atoms with E-state index in [0.717, 1.165) is 17.8 Å². The predicted molar refractivity (Wildman–Crippen MR) is 63.3 cm³/mol. The van der Waals surface area contributed by atoms with Crippen LogP contribution in [0.3, 0.4) is 0 Å². The largest absolute Gasteiger partial charge is 0.409 e. The maximum atomic E-state index is 10.7. The molecule has 9 nitrogen and oxygen atoms in total. The Bertz CT molecular complexity index is 518. The van der Waals surface area contributed by atoms with Crippen LogP contribution in [-0.4, -0.2) is 32.6 Å². The van der Waals surface area contributed by atoms with Gasteiger partial charge in [-0.05, 0) is 6.07 Å². The topological polar surface area (TPSA) is 158 Å². The normalized spacial score (nSPS) is 11.2. The van der Waals surface area contributed by atoms with Crippen LogP contribution in [0.5, 0.6) is 0 Å². The molecule has 0 aromatic carbocycles. The summed E-state index contributed by atoms with van der Waals surface area (Å²) in [6.07, 6.45) is 0. The van der Waals surface area contributed by atoms with E-state index >= 15 is 0 Å². The predicted octanol–water partition coefficient (Wildman–Crippen LogP) is -0.338. The Morgan fingerprint density at radius 1 is 1.56 bits per heavy atom. The number of nitrogens with zero attached hydrogens (tertiary/aromatic N) is 3. The lowest BCUT2D eigenvalue weighted by Crippen LogP contribution is -2.18. The summed E-state index contributed by atoms with van der Waals surface area (Å²) in [6, 6.07) is 2.50. The van der Waals surface area contributed by atoms with E-state index in [1.165, 1.54) is 6.07 Å². The third-order valence-corrected chi connectivity index (χ3v) is 2.71. The van der Waals surface area contributed by atoms with Gasteiger partial charge >= 0.3 is 0 Å². The number of hydrogen-bond acceptors (Lipinski definition) is 7. The molecule has 0 unspecified atom stereocenters. The van der Waals surface area contributed by atoms with Gasteiger partial charge in [0.25, 0.3) is 5.69 Å². The van der Waals surface area contributed by atoms with Crippen molar-refractivity contribution in [3.8, 4) is 0 Å². The Labute approximate surface area is 105 Å². The average Bonchev–Trinajstić information content (AvgIpc) is 2.34. The number of aromatic nitrogens is 1. The Hall–Kier alpha value is -2.36. The van der Waals surface area contributed by atoms with Gasteiger partial charge in [-0.1, -0.05) is 16.9 Å². The number of rotatable bonds is 5. The minimum atomic E-state index is -0.705. The molecule has 0 bridgehead atoms. The Morgan fingerprint density at radius 3 is 2.72 bits per heavy atom. The lowest BCUT2D eigenvalue weighted by molar-refractivity contribution is -0.385. The molecule has 5 N–H and O–H groups in total. The fourth-order valence-electron chi connectivity index (χ4n) is 1.04. The number of carbonyl (C=O) groups is 1. The monoisotopic (exact) mass is 271 g/mol. The Balaban J connectivity index is 3.13. The molecule has 0 aliphatic rings. The van der Waals surface area contributed by atoms with Crippen LogP contribution in [0, 0.1) is 10.1 Å². The quantitative estimate of drug-likeness (QED) is 0.165. The highest BCUT2D eigenvalue weighted by atomic mass is 32.2. The molecule has 0 spiro atoms. The SMILES string of the molecule is NC(=O)CSc1ccc([N+](=O)[O-])c(/C(N)=N/O)n1. The summed E-state index contributed by atoms with van der Waals surface area (Å²) in [5.74, 6) is -1.06.